The molecule has 0 unspecified atom stereocenters. The standard InChI is InChI=1S/C19H15N3O/c23-22-18-9-5-4-8-17(18)20-12-19(22)16-10-11-21(14-16)13-15-6-2-1-3-7-15/h1-12,14H,13H2. The van der Waals surface area contributed by atoms with Crippen LogP contribution in [-0.2, 0) is 6.54 Å². The summed E-state index contributed by atoms with van der Waals surface area (Å²) < 4.78 is 3.02. The highest BCUT2D eigenvalue weighted by atomic mass is 16.5. The zero-order valence-electron chi connectivity index (χ0n) is 12.5. The van der Waals surface area contributed by atoms with Crippen LogP contribution in [0.1, 0.15) is 5.56 Å². The molecule has 4 nitrogen and oxygen atoms in total. The summed E-state index contributed by atoms with van der Waals surface area (Å²) in [5.74, 6) is 0. The van der Waals surface area contributed by atoms with Crippen LogP contribution in [0.2, 0.25) is 0 Å². The Morgan fingerprint density at radius 1 is 0.957 bits per heavy atom. The van der Waals surface area contributed by atoms with Crippen molar-refractivity contribution in [1.82, 2.24) is 9.55 Å². The average molecular weight is 301 g/mol. The van der Waals surface area contributed by atoms with Gasteiger partial charge in [0.05, 0.1) is 5.56 Å². The van der Waals surface area contributed by atoms with E-state index in [0.29, 0.717) is 16.7 Å². The van der Waals surface area contributed by atoms with E-state index in [-0.39, 0.29) is 0 Å². The van der Waals surface area contributed by atoms with Gasteiger partial charge >= 0.3 is 0 Å². The second-order valence-electron chi connectivity index (χ2n) is 5.48. The number of nitrogens with zero attached hydrogens (tertiary/aromatic N) is 3. The zero-order valence-corrected chi connectivity index (χ0v) is 12.5. The molecule has 0 aliphatic heterocycles. The number of aromatic nitrogens is 3. The quantitative estimate of drug-likeness (QED) is 0.430. The van der Waals surface area contributed by atoms with E-state index in [1.54, 1.807) is 12.3 Å². The monoisotopic (exact) mass is 301 g/mol. The molecule has 0 atom stereocenters. The van der Waals surface area contributed by atoms with Gasteiger partial charge in [0.1, 0.15) is 11.7 Å². The molecule has 0 aliphatic rings. The molecular weight excluding hydrogens is 286 g/mol. The van der Waals surface area contributed by atoms with Crippen LogP contribution in [0.15, 0.2) is 79.3 Å². The molecule has 4 aromatic rings. The van der Waals surface area contributed by atoms with Crippen molar-refractivity contribution in [3.8, 4) is 11.3 Å². The predicted molar refractivity (Wildman–Crippen MR) is 89.7 cm³/mol. The number of hydrogen-bond acceptors (Lipinski definition) is 2. The highest BCUT2D eigenvalue weighted by Crippen LogP contribution is 2.18. The third-order valence-corrected chi connectivity index (χ3v) is 3.90. The van der Waals surface area contributed by atoms with Crippen molar-refractivity contribution >= 4 is 11.0 Å². The lowest BCUT2D eigenvalue weighted by atomic mass is 10.2. The molecule has 0 spiro atoms. The molecule has 23 heavy (non-hydrogen) atoms. The first-order chi connectivity index (χ1) is 11.3. The van der Waals surface area contributed by atoms with Crippen molar-refractivity contribution < 1.29 is 4.73 Å². The normalized spacial score (nSPS) is 11.0. The number of rotatable bonds is 3. The highest BCUT2D eigenvalue weighted by Gasteiger charge is 2.14. The molecule has 0 amide bonds. The van der Waals surface area contributed by atoms with E-state index in [1.165, 1.54) is 5.56 Å². The lowest BCUT2D eigenvalue weighted by molar-refractivity contribution is -0.565. The Hall–Kier alpha value is -3.14. The topological polar surface area (TPSA) is 44.8 Å². The van der Waals surface area contributed by atoms with Gasteiger partial charge in [-0.05, 0) is 17.7 Å². The molecule has 4 rings (SSSR count). The molecular formula is C19H15N3O. The molecule has 0 N–H and O–H groups in total. The summed E-state index contributed by atoms with van der Waals surface area (Å²) >= 11 is 0. The van der Waals surface area contributed by atoms with Gasteiger partial charge in [0, 0.05) is 25.0 Å². The maximum atomic E-state index is 12.6. The zero-order chi connectivity index (χ0) is 15.6. The summed E-state index contributed by atoms with van der Waals surface area (Å²) in [6.07, 6.45) is 5.60. The van der Waals surface area contributed by atoms with Gasteiger partial charge in [0.15, 0.2) is 0 Å². The van der Waals surface area contributed by atoms with Gasteiger partial charge in [0.2, 0.25) is 11.2 Å². The summed E-state index contributed by atoms with van der Waals surface area (Å²) in [7, 11) is 0. The van der Waals surface area contributed by atoms with Crippen LogP contribution >= 0.6 is 0 Å². The Morgan fingerprint density at radius 3 is 2.61 bits per heavy atom. The van der Waals surface area contributed by atoms with E-state index in [2.05, 4.69) is 21.7 Å². The minimum atomic E-state index is 0.565. The summed E-state index contributed by atoms with van der Waals surface area (Å²) in [5.41, 5.74) is 3.95. The molecule has 0 bridgehead atoms. The number of fused-ring (bicyclic) bond motifs is 1. The third kappa shape index (κ3) is 2.55. The Kier molecular flexibility index (Phi) is 3.27. The van der Waals surface area contributed by atoms with Gasteiger partial charge in [-0.25, -0.2) is 4.98 Å². The van der Waals surface area contributed by atoms with Crippen LogP contribution < -0.4 is 4.73 Å². The number of benzene rings is 2. The average Bonchev–Trinajstić information content (AvgIpc) is 3.04. The third-order valence-electron chi connectivity index (χ3n) is 3.90. The molecule has 112 valence electrons. The van der Waals surface area contributed by atoms with Crippen molar-refractivity contribution in [2.75, 3.05) is 0 Å². The van der Waals surface area contributed by atoms with Gasteiger partial charge in [-0.2, -0.15) is 4.73 Å². The summed E-state index contributed by atoms with van der Waals surface area (Å²) in [4.78, 5) is 4.38. The molecule has 0 fully saturated rings. The van der Waals surface area contributed by atoms with Gasteiger partial charge < -0.3 is 9.77 Å². The Bertz CT molecular complexity index is 961. The van der Waals surface area contributed by atoms with Crippen molar-refractivity contribution in [2.45, 2.75) is 6.54 Å². The Morgan fingerprint density at radius 2 is 1.74 bits per heavy atom. The van der Waals surface area contributed by atoms with Gasteiger partial charge in [0.25, 0.3) is 0 Å². The fourth-order valence-electron chi connectivity index (χ4n) is 2.73. The van der Waals surface area contributed by atoms with Crippen LogP contribution in [0.4, 0.5) is 0 Å². The fourth-order valence-corrected chi connectivity index (χ4v) is 2.73. The van der Waals surface area contributed by atoms with E-state index < -0.39 is 0 Å². The van der Waals surface area contributed by atoms with Crippen LogP contribution in [0, 0.1) is 5.21 Å². The van der Waals surface area contributed by atoms with Crippen molar-refractivity contribution in [3.05, 3.63) is 90.0 Å². The molecule has 0 aliphatic carbocycles. The molecule has 2 aromatic carbocycles. The smallest absolute Gasteiger partial charge is 0.244 e. The second-order valence-corrected chi connectivity index (χ2v) is 5.48. The minimum absolute atomic E-state index is 0.565. The highest BCUT2D eigenvalue weighted by molar-refractivity contribution is 5.72. The molecule has 0 saturated carbocycles. The van der Waals surface area contributed by atoms with Crippen LogP contribution in [0.3, 0.4) is 0 Å². The van der Waals surface area contributed by atoms with Crippen molar-refractivity contribution in [3.63, 3.8) is 0 Å². The van der Waals surface area contributed by atoms with Gasteiger partial charge in [-0.1, -0.05) is 42.5 Å². The first-order valence-corrected chi connectivity index (χ1v) is 7.49. The Labute approximate surface area is 133 Å². The number of para-hydroxylation sites is 2. The van der Waals surface area contributed by atoms with Gasteiger partial charge in [-0.15, -0.1) is 0 Å². The summed E-state index contributed by atoms with van der Waals surface area (Å²) in [6.45, 7) is 0.778. The first kappa shape index (κ1) is 13.5. The van der Waals surface area contributed by atoms with E-state index in [9.17, 15) is 5.21 Å². The molecule has 0 radical (unpaired) electrons. The summed E-state index contributed by atoms with van der Waals surface area (Å²) in [5, 5.41) is 12.6. The maximum Gasteiger partial charge on any atom is 0.244 e. The second kappa shape index (κ2) is 5.57. The van der Waals surface area contributed by atoms with E-state index >= 15 is 0 Å². The van der Waals surface area contributed by atoms with E-state index in [1.807, 2.05) is 54.9 Å². The number of hydrogen-bond donors (Lipinski definition) is 0. The van der Waals surface area contributed by atoms with Crippen molar-refractivity contribution in [2.24, 2.45) is 0 Å². The van der Waals surface area contributed by atoms with Crippen LogP contribution in [-0.4, -0.2) is 9.55 Å². The van der Waals surface area contributed by atoms with Crippen LogP contribution in [0.25, 0.3) is 22.3 Å². The SMILES string of the molecule is [O-][n+]1c(-c2ccn(Cc3ccccc3)c2)cnc2ccccc21. The fraction of sp³-hybridized carbons (Fsp3) is 0.0526. The van der Waals surface area contributed by atoms with Crippen molar-refractivity contribution in [1.29, 1.82) is 0 Å². The maximum absolute atomic E-state index is 12.6. The first-order valence-electron chi connectivity index (χ1n) is 7.49. The largest absolute Gasteiger partial charge is 0.618 e. The minimum Gasteiger partial charge on any atom is -0.618 e. The van der Waals surface area contributed by atoms with E-state index in [4.69, 9.17) is 0 Å². The molecule has 2 aromatic heterocycles. The van der Waals surface area contributed by atoms with E-state index in [0.717, 1.165) is 16.8 Å². The Balaban J connectivity index is 1.70. The molecule has 4 heteroatoms. The summed E-state index contributed by atoms with van der Waals surface area (Å²) in [6, 6.07) is 19.5. The lowest BCUT2D eigenvalue weighted by Crippen LogP contribution is -2.30. The van der Waals surface area contributed by atoms with Gasteiger partial charge in [-0.3, -0.25) is 0 Å². The predicted octanol–water partition coefficient (Wildman–Crippen LogP) is 3.39. The van der Waals surface area contributed by atoms with Crippen LogP contribution in [0.5, 0.6) is 0 Å². The molecule has 2 heterocycles. The lowest BCUT2D eigenvalue weighted by Gasteiger charge is -2.05. The molecule has 0 saturated heterocycles.